The molecule has 61 heavy (non-hydrogen) atoms. The molecular weight excluding hydrogens is 753 g/mol. The van der Waals surface area contributed by atoms with Crippen molar-refractivity contribution in [2.45, 2.75) is 192 Å². The first-order chi connectivity index (χ1) is 30.1. The van der Waals surface area contributed by atoms with Crippen molar-refractivity contribution in [2.24, 2.45) is 0 Å². The summed E-state index contributed by atoms with van der Waals surface area (Å²) >= 11 is 0. The van der Waals surface area contributed by atoms with Gasteiger partial charge in [-0.1, -0.05) is 238 Å². The van der Waals surface area contributed by atoms with Crippen molar-refractivity contribution in [1.82, 2.24) is 0 Å². The van der Waals surface area contributed by atoms with Crippen LogP contribution in [0.5, 0.6) is 0 Å². The van der Waals surface area contributed by atoms with Crippen LogP contribution in [0.3, 0.4) is 0 Å². The Hall–Kier alpha value is -3.96. The molecule has 0 saturated carbocycles. The summed E-state index contributed by atoms with van der Waals surface area (Å²) in [5, 5.41) is 0. The second-order valence-corrected chi connectivity index (χ2v) is 16.9. The molecule has 0 fully saturated rings. The standard InChI is InChI=1S/C56H82O5/c1-3-5-7-9-11-13-15-17-18-20-22-24-26-28-39-47-55(58)61-53(48-59-54(57)46-38-27-25-23-21-19-16-14-12-10-8-6-4-2)49-60-56(50-40-32-29-33-41-50,51-42-34-30-35-43-51)52-44-36-31-37-45-52/h11,13,17-18,29-37,40-45,53H,3-10,12,14-16,19-28,38-39,46-49H2,1-2H3/t53-/m0/s1. The van der Waals surface area contributed by atoms with Gasteiger partial charge in [-0.25, -0.2) is 0 Å². The number of ether oxygens (including phenoxy) is 3. The van der Waals surface area contributed by atoms with Gasteiger partial charge in [0, 0.05) is 12.8 Å². The zero-order valence-corrected chi connectivity index (χ0v) is 38.4. The predicted molar refractivity (Wildman–Crippen MR) is 256 cm³/mol. The van der Waals surface area contributed by atoms with Crippen molar-refractivity contribution in [3.05, 3.63) is 132 Å². The number of carbonyl (C=O) groups excluding carboxylic acids is 2. The van der Waals surface area contributed by atoms with Crippen LogP contribution in [0.4, 0.5) is 0 Å². The second-order valence-electron chi connectivity index (χ2n) is 16.9. The maximum atomic E-state index is 13.3. The molecule has 5 nitrogen and oxygen atoms in total. The van der Waals surface area contributed by atoms with Gasteiger partial charge in [-0.15, -0.1) is 0 Å². The summed E-state index contributed by atoms with van der Waals surface area (Å²) in [4.78, 5) is 26.4. The minimum Gasteiger partial charge on any atom is -0.462 e. The molecule has 3 aromatic rings. The van der Waals surface area contributed by atoms with Crippen LogP contribution in [-0.4, -0.2) is 31.3 Å². The fourth-order valence-corrected chi connectivity index (χ4v) is 7.97. The molecule has 0 aromatic heterocycles. The molecule has 0 aliphatic rings. The Morgan fingerprint density at radius 3 is 1.30 bits per heavy atom. The van der Waals surface area contributed by atoms with E-state index in [9.17, 15) is 9.59 Å². The summed E-state index contributed by atoms with van der Waals surface area (Å²) in [7, 11) is 0. The molecule has 0 radical (unpaired) electrons. The van der Waals surface area contributed by atoms with Crippen molar-refractivity contribution in [2.75, 3.05) is 13.2 Å². The minimum atomic E-state index is -0.979. The third-order valence-corrected chi connectivity index (χ3v) is 11.6. The molecule has 5 heteroatoms. The number of carbonyl (C=O) groups is 2. The monoisotopic (exact) mass is 835 g/mol. The van der Waals surface area contributed by atoms with E-state index in [1.807, 2.05) is 54.6 Å². The summed E-state index contributed by atoms with van der Waals surface area (Å²) in [6.07, 6.45) is 37.7. The highest BCUT2D eigenvalue weighted by molar-refractivity contribution is 5.70. The van der Waals surface area contributed by atoms with E-state index in [1.165, 1.54) is 89.9 Å². The SMILES string of the molecule is CCCCCC=CCC=CCCCCCCCC(=O)O[C@@H](COC(=O)CCCCCCCCCCCCCCC)COC(c1ccccc1)(c1ccccc1)c1ccccc1. The Morgan fingerprint density at radius 1 is 0.459 bits per heavy atom. The Kier molecular flexibility index (Phi) is 29.2. The van der Waals surface area contributed by atoms with Gasteiger partial charge < -0.3 is 14.2 Å². The van der Waals surface area contributed by atoms with Gasteiger partial charge in [0.2, 0.25) is 0 Å². The lowest BCUT2D eigenvalue weighted by Crippen LogP contribution is -2.38. The van der Waals surface area contributed by atoms with Crippen molar-refractivity contribution in [1.29, 1.82) is 0 Å². The van der Waals surface area contributed by atoms with Crippen molar-refractivity contribution < 1.29 is 23.8 Å². The zero-order chi connectivity index (χ0) is 43.3. The molecule has 0 saturated heterocycles. The fraction of sp³-hybridized carbons (Fsp3) is 0.571. The Bertz CT molecular complexity index is 1450. The van der Waals surface area contributed by atoms with Crippen molar-refractivity contribution in [3.8, 4) is 0 Å². The molecular formula is C56H82O5. The number of hydrogen-bond donors (Lipinski definition) is 0. The summed E-state index contributed by atoms with van der Waals surface area (Å²) in [6.45, 7) is 4.52. The Balaban J connectivity index is 1.52. The van der Waals surface area contributed by atoms with Gasteiger partial charge in [0.05, 0.1) is 6.61 Å². The van der Waals surface area contributed by atoms with Gasteiger partial charge in [0.1, 0.15) is 12.2 Å². The lowest BCUT2D eigenvalue weighted by Gasteiger charge is -2.37. The van der Waals surface area contributed by atoms with Crippen LogP contribution in [0.15, 0.2) is 115 Å². The maximum absolute atomic E-state index is 13.3. The van der Waals surface area contributed by atoms with E-state index in [1.54, 1.807) is 0 Å². The molecule has 0 unspecified atom stereocenters. The third kappa shape index (κ3) is 22.6. The largest absolute Gasteiger partial charge is 0.462 e. The van der Waals surface area contributed by atoms with E-state index in [0.717, 1.165) is 80.9 Å². The van der Waals surface area contributed by atoms with Gasteiger partial charge in [-0.05, 0) is 61.6 Å². The van der Waals surface area contributed by atoms with E-state index in [4.69, 9.17) is 14.2 Å². The highest BCUT2D eigenvalue weighted by Crippen LogP contribution is 2.40. The highest BCUT2D eigenvalue weighted by Gasteiger charge is 2.38. The van der Waals surface area contributed by atoms with E-state index in [2.05, 4.69) is 74.5 Å². The first kappa shape index (κ1) is 51.4. The summed E-state index contributed by atoms with van der Waals surface area (Å²) in [5.41, 5.74) is 1.90. The molecule has 0 N–H and O–H groups in total. The number of esters is 2. The quantitative estimate of drug-likeness (QED) is 0.0251. The van der Waals surface area contributed by atoms with Crippen LogP contribution >= 0.6 is 0 Å². The molecule has 0 heterocycles. The fourth-order valence-electron chi connectivity index (χ4n) is 7.97. The number of rotatable bonds is 37. The van der Waals surface area contributed by atoms with E-state index < -0.39 is 11.7 Å². The summed E-state index contributed by atoms with van der Waals surface area (Å²) in [6, 6.07) is 30.5. The van der Waals surface area contributed by atoms with Crippen LogP contribution in [0.1, 0.15) is 197 Å². The molecule has 3 aromatic carbocycles. The molecule has 0 aliphatic carbocycles. The number of unbranched alkanes of at least 4 members (excludes halogenated alkanes) is 20. The van der Waals surface area contributed by atoms with Crippen LogP contribution in [-0.2, 0) is 29.4 Å². The third-order valence-electron chi connectivity index (χ3n) is 11.6. The number of allylic oxidation sites excluding steroid dienone is 4. The lowest BCUT2D eigenvalue weighted by molar-refractivity contribution is -0.165. The van der Waals surface area contributed by atoms with E-state index >= 15 is 0 Å². The molecule has 3 rings (SSSR count). The molecule has 336 valence electrons. The topological polar surface area (TPSA) is 61.8 Å². The van der Waals surface area contributed by atoms with Crippen LogP contribution < -0.4 is 0 Å². The Morgan fingerprint density at radius 2 is 0.836 bits per heavy atom. The molecule has 0 spiro atoms. The van der Waals surface area contributed by atoms with Crippen LogP contribution in [0, 0.1) is 0 Å². The van der Waals surface area contributed by atoms with Gasteiger partial charge >= 0.3 is 11.9 Å². The predicted octanol–water partition coefficient (Wildman–Crippen LogP) is 15.7. The molecule has 0 bridgehead atoms. The van der Waals surface area contributed by atoms with Gasteiger partial charge in [-0.3, -0.25) is 9.59 Å². The van der Waals surface area contributed by atoms with Gasteiger partial charge in [-0.2, -0.15) is 0 Å². The van der Waals surface area contributed by atoms with Gasteiger partial charge in [0.25, 0.3) is 0 Å². The first-order valence-corrected chi connectivity index (χ1v) is 24.6. The smallest absolute Gasteiger partial charge is 0.306 e. The first-order valence-electron chi connectivity index (χ1n) is 24.6. The van der Waals surface area contributed by atoms with Gasteiger partial charge in [0.15, 0.2) is 6.10 Å². The molecule has 1 atom stereocenters. The average molecular weight is 835 g/mol. The highest BCUT2D eigenvalue weighted by atomic mass is 16.6. The van der Waals surface area contributed by atoms with Crippen molar-refractivity contribution >= 4 is 11.9 Å². The second kappa shape index (κ2) is 34.6. The summed E-state index contributed by atoms with van der Waals surface area (Å²) < 4.78 is 18.9. The van der Waals surface area contributed by atoms with E-state index in [0.29, 0.717) is 12.8 Å². The summed E-state index contributed by atoms with van der Waals surface area (Å²) in [5.74, 6) is -0.533. The Labute approximate surface area is 372 Å². The molecule has 0 aliphatic heterocycles. The van der Waals surface area contributed by atoms with Crippen LogP contribution in [0.25, 0.3) is 0 Å². The lowest BCUT2D eigenvalue weighted by atomic mass is 9.80. The maximum Gasteiger partial charge on any atom is 0.306 e. The zero-order valence-electron chi connectivity index (χ0n) is 38.4. The number of hydrogen-bond acceptors (Lipinski definition) is 5. The van der Waals surface area contributed by atoms with Crippen molar-refractivity contribution in [3.63, 3.8) is 0 Å². The van der Waals surface area contributed by atoms with Crippen LogP contribution in [0.2, 0.25) is 0 Å². The average Bonchev–Trinajstić information content (AvgIpc) is 3.29. The number of benzene rings is 3. The molecule has 0 amide bonds. The minimum absolute atomic E-state index is 0.0420. The normalized spacial score (nSPS) is 12.3. The van der Waals surface area contributed by atoms with E-state index in [-0.39, 0.29) is 25.2 Å².